The molecule has 16 heavy (non-hydrogen) atoms. The topological polar surface area (TPSA) is 68.2 Å². The molecule has 0 saturated carbocycles. The maximum absolute atomic E-state index is 5.44. The molecule has 0 bridgehead atoms. The Morgan fingerprint density at radius 1 is 1.44 bits per heavy atom. The van der Waals surface area contributed by atoms with Crippen LogP contribution in [0.5, 0.6) is 0 Å². The van der Waals surface area contributed by atoms with Crippen molar-refractivity contribution in [1.29, 1.82) is 0 Å². The normalized spacial score (nSPS) is 27.2. The summed E-state index contributed by atoms with van der Waals surface area (Å²) in [5.41, 5.74) is 5.44. The molecule has 1 aliphatic heterocycles. The number of nitrogens with two attached hydrogens (primary N) is 1. The highest BCUT2D eigenvalue weighted by Gasteiger charge is 2.24. The zero-order chi connectivity index (χ0) is 11.5. The van der Waals surface area contributed by atoms with Crippen LogP contribution in [0.15, 0.2) is 4.52 Å². The average Bonchev–Trinajstić information content (AvgIpc) is 2.71. The van der Waals surface area contributed by atoms with Crippen molar-refractivity contribution in [3.05, 3.63) is 11.7 Å². The van der Waals surface area contributed by atoms with Crippen LogP contribution in [0.3, 0.4) is 0 Å². The molecule has 2 atom stereocenters. The largest absolute Gasteiger partial charge is 0.338 e. The molecule has 2 unspecified atom stereocenters. The third-order valence-electron chi connectivity index (χ3n) is 3.28. The maximum atomic E-state index is 5.44. The molecule has 1 aromatic rings. The molecule has 2 N–H and O–H groups in total. The van der Waals surface area contributed by atoms with E-state index < -0.39 is 0 Å². The molecule has 90 valence electrons. The Morgan fingerprint density at radius 3 is 2.94 bits per heavy atom. The van der Waals surface area contributed by atoms with Gasteiger partial charge < -0.3 is 10.3 Å². The molecule has 1 saturated heterocycles. The van der Waals surface area contributed by atoms with Crippen LogP contribution in [-0.4, -0.2) is 27.6 Å². The summed E-state index contributed by atoms with van der Waals surface area (Å²) in [6, 6.07) is 0.607. The molecule has 1 aromatic heterocycles. The summed E-state index contributed by atoms with van der Waals surface area (Å²) in [6.07, 6.45) is 2.57. The molecule has 2 heterocycles. The Hall–Kier alpha value is -0.940. The van der Waals surface area contributed by atoms with E-state index in [1.54, 1.807) is 0 Å². The second-order valence-electron chi connectivity index (χ2n) is 4.77. The van der Waals surface area contributed by atoms with Gasteiger partial charge >= 0.3 is 0 Å². The predicted molar refractivity (Wildman–Crippen MR) is 60.5 cm³/mol. The van der Waals surface area contributed by atoms with E-state index in [2.05, 4.69) is 28.9 Å². The van der Waals surface area contributed by atoms with Crippen molar-refractivity contribution < 1.29 is 4.52 Å². The Kier molecular flexibility index (Phi) is 3.56. The van der Waals surface area contributed by atoms with Crippen molar-refractivity contribution in [1.82, 2.24) is 15.0 Å². The van der Waals surface area contributed by atoms with Crippen molar-refractivity contribution in [3.63, 3.8) is 0 Å². The summed E-state index contributed by atoms with van der Waals surface area (Å²) in [7, 11) is 0. The second kappa shape index (κ2) is 4.93. The van der Waals surface area contributed by atoms with E-state index in [1.165, 1.54) is 12.8 Å². The van der Waals surface area contributed by atoms with Crippen LogP contribution < -0.4 is 5.73 Å². The van der Waals surface area contributed by atoms with Crippen LogP contribution >= 0.6 is 0 Å². The molecular formula is C11H20N4O. The van der Waals surface area contributed by atoms with Crippen LogP contribution in [0, 0.1) is 5.92 Å². The lowest BCUT2D eigenvalue weighted by Gasteiger charge is -2.35. The fraction of sp³-hybridized carbons (Fsp3) is 0.818. The highest BCUT2D eigenvalue weighted by molar-refractivity contribution is 4.88. The fourth-order valence-electron chi connectivity index (χ4n) is 2.22. The molecule has 1 aliphatic rings. The van der Waals surface area contributed by atoms with Crippen LogP contribution in [0.2, 0.25) is 0 Å². The number of rotatable bonds is 3. The molecule has 0 aliphatic carbocycles. The van der Waals surface area contributed by atoms with Crippen LogP contribution in [0.1, 0.15) is 38.4 Å². The van der Waals surface area contributed by atoms with Gasteiger partial charge in [-0.3, -0.25) is 4.90 Å². The summed E-state index contributed by atoms with van der Waals surface area (Å²) in [5.74, 6) is 2.03. The predicted octanol–water partition coefficient (Wildman–Crippen LogP) is 1.15. The van der Waals surface area contributed by atoms with Gasteiger partial charge in [-0.1, -0.05) is 12.1 Å². The Balaban J connectivity index is 1.97. The quantitative estimate of drug-likeness (QED) is 0.834. The maximum Gasteiger partial charge on any atom is 0.240 e. The van der Waals surface area contributed by atoms with E-state index >= 15 is 0 Å². The summed E-state index contributed by atoms with van der Waals surface area (Å²) in [4.78, 5) is 6.65. The Morgan fingerprint density at radius 2 is 2.25 bits per heavy atom. The number of piperidine rings is 1. The van der Waals surface area contributed by atoms with Crippen molar-refractivity contribution >= 4 is 0 Å². The number of likely N-dealkylation sites (tertiary alicyclic amines) is 1. The van der Waals surface area contributed by atoms with Gasteiger partial charge in [0.25, 0.3) is 0 Å². The molecule has 0 radical (unpaired) electrons. The van der Waals surface area contributed by atoms with Gasteiger partial charge in [0.1, 0.15) is 0 Å². The van der Waals surface area contributed by atoms with Crippen molar-refractivity contribution in [3.8, 4) is 0 Å². The van der Waals surface area contributed by atoms with Gasteiger partial charge in [0, 0.05) is 12.6 Å². The Labute approximate surface area is 96.0 Å². The average molecular weight is 224 g/mol. The molecule has 0 spiro atoms. The van der Waals surface area contributed by atoms with Crippen molar-refractivity contribution in [2.24, 2.45) is 11.7 Å². The number of hydrogen-bond acceptors (Lipinski definition) is 5. The molecule has 0 amide bonds. The second-order valence-corrected chi connectivity index (χ2v) is 4.77. The summed E-state index contributed by atoms with van der Waals surface area (Å²) in [5, 5.41) is 3.93. The monoisotopic (exact) mass is 224 g/mol. The lowest BCUT2D eigenvalue weighted by molar-refractivity contribution is 0.113. The standard InChI is InChI=1S/C11H20N4O/c1-8-3-4-9(2)15(6-8)7-10-13-11(5-12)16-14-10/h8-9H,3-7,12H2,1-2H3. The number of nitrogens with zero attached hydrogens (tertiary/aromatic N) is 3. The summed E-state index contributed by atoms with van der Waals surface area (Å²) in [6.45, 7) is 6.76. The number of aromatic nitrogens is 2. The van der Waals surface area contributed by atoms with Crippen LogP contribution in [0.25, 0.3) is 0 Å². The van der Waals surface area contributed by atoms with Gasteiger partial charge in [-0.15, -0.1) is 0 Å². The molecule has 0 aromatic carbocycles. The first-order chi connectivity index (χ1) is 7.69. The van der Waals surface area contributed by atoms with Crippen molar-refractivity contribution in [2.45, 2.75) is 45.8 Å². The fourth-order valence-corrected chi connectivity index (χ4v) is 2.22. The summed E-state index contributed by atoms with van der Waals surface area (Å²) < 4.78 is 5.00. The minimum atomic E-state index is 0.318. The Bertz CT molecular complexity index is 338. The SMILES string of the molecule is CC1CCC(C)N(Cc2noc(CN)n2)C1. The van der Waals surface area contributed by atoms with Gasteiger partial charge in [0.15, 0.2) is 5.82 Å². The molecular weight excluding hydrogens is 204 g/mol. The van der Waals surface area contributed by atoms with Gasteiger partial charge in [-0.2, -0.15) is 4.98 Å². The van der Waals surface area contributed by atoms with Crippen LogP contribution in [-0.2, 0) is 13.1 Å². The number of hydrogen-bond donors (Lipinski definition) is 1. The smallest absolute Gasteiger partial charge is 0.240 e. The van der Waals surface area contributed by atoms with Gasteiger partial charge in [0.05, 0.1) is 13.1 Å². The lowest BCUT2D eigenvalue weighted by atomic mass is 9.95. The van der Waals surface area contributed by atoms with E-state index in [4.69, 9.17) is 10.3 Å². The highest BCUT2D eigenvalue weighted by Crippen LogP contribution is 2.22. The third kappa shape index (κ3) is 2.59. The van der Waals surface area contributed by atoms with E-state index in [0.29, 0.717) is 18.5 Å². The minimum absolute atomic E-state index is 0.318. The first-order valence-electron chi connectivity index (χ1n) is 5.94. The molecule has 1 fully saturated rings. The van der Waals surface area contributed by atoms with E-state index in [1.807, 2.05) is 0 Å². The van der Waals surface area contributed by atoms with E-state index in [-0.39, 0.29) is 0 Å². The molecule has 2 rings (SSSR count). The summed E-state index contributed by atoms with van der Waals surface area (Å²) >= 11 is 0. The zero-order valence-corrected chi connectivity index (χ0v) is 10.0. The van der Waals surface area contributed by atoms with Crippen LogP contribution in [0.4, 0.5) is 0 Å². The zero-order valence-electron chi connectivity index (χ0n) is 10.0. The first-order valence-corrected chi connectivity index (χ1v) is 5.94. The molecule has 5 heteroatoms. The third-order valence-corrected chi connectivity index (χ3v) is 3.28. The lowest BCUT2D eigenvalue weighted by Crippen LogP contribution is -2.40. The van der Waals surface area contributed by atoms with E-state index in [0.717, 1.165) is 24.8 Å². The molecule has 5 nitrogen and oxygen atoms in total. The highest BCUT2D eigenvalue weighted by atomic mass is 16.5. The van der Waals surface area contributed by atoms with Gasteiger partial charge in [0.2, 0.25) is 5.89 Å². The van der Waals surface area contributed by atoms with Gasteiger partial charge in [-0.25, -0.2) is 0 Å². The first kappa shape index (κ1) is 11.5. The van der Waals surface area contributed by atoms with E-state index in [9.17, 15) is 0 Å². The minimum Gasteiger partial charge on any atom is -0.338 e. The van der Waals surface area contributed by atoms with Gasteiger partial charge in [-0.05, 0) is 25.7 Å². The van der Waals surface area contributed by atoms with Crippen molar-refractivity contribution in [2.75, 3.05) is 6.54 Å².